The van der Waals surface area contributed by atoms with Gasteiger partial charge in [-0.1, -0.05) is 62.4 Å². The molecule has 0 aliphatic carbocycles. The highest BCUT2D eigenvalue weighted by atomic mass is 31.2. The SMILES string of the molecule is CCN(CC)CCCC(C)Nc1cc(-c2ccccc2)nc2ccccc12.O=P(O)(O)O.O=P(O)(O)O. The van der Waals surface area contributed by atoms with Crippen molar-refractivity contribution in [3.05, 3.63) is 60.7 Å². The van der Waals surface area contributed by atoms with E-state index in [4.69, 9.17) is 43.5 Å². The summed E-state index contributed by atoms with van der Waals surface area (Å²) in [4.78, 5) is 50.5. The minimum Gasteiger partial charge on any atom is -0.382 e. The molecule has 0 saturated carbocycles. The molecule has 0 aliphatic rings. The van der Waals surface area contributed by atoms with E-state index in [9.17, 15) is 0 Å². The highest BCUT2D eigenvalue weighted by molar-refractivity contribution is 7.45. The first-order valence-electron chi connectivity index (χ1n) is 11.7. The van der Waals surface area contributed by atoms with Gasteiger partial charge in [0.05, 0.1) is 11.2 Å². The van der Waals surface area contributed by atoms with E-state index in [1.54, 1.807) is 0 Å². The Labute approximate surface area is 217 Å². The summed E-state index contributed by atoms with van der Waals surface area (Å²) in [5.41, 5.74) is 4.39. The summed E-state index contributed by atoms with van der Waals surface area (Å²) in [5, 5.41) is 4.93. The topological polar surface area (TPSA) is 184 Å². The van der Waals surface area contributed by atoms with Gasteiger partial charge in [-0.3, -0.25) is 0 Å². The minimum absolute atomic E-state index is 0.426. The number of pyridine rings is 1. The predicted octanol–water partition coefficient (Wildman–Crippen LogP) is 3.97. The van der Waals surface area contributed by atoms with Crippen LogP contribution in [0.1, 0.15) is 33.6 Å². The molecule has 3 aromatic rings. The average Bonchev–Trinajstić information content (AvgIpc) is 2.80. The maximum absolute atomic E-state index is 8.88. The molecule has 7 N–H and O–H groups in total. The zero-order valence-electron chi connectivity index (χ0n) is 21.2. The van der Waals surface area contributed by atoms with Crippen LogP contribution in [-0.4, -0.2) is 64.9 Å². The molecule has 1 atom stereocenters. The van der Waals surface area contributed by atoms with Crippen molar-refractivity contribution in [2.24, 2.45) is 0 Å². The van der Waals surface area contributed by atoms with Crippen LogP contribution in [0.4, 0.5) is 5.69 Å². The number of nitrogens with zero attached hydrogens (tertiary/aromatic N) is 2. The fourth-order valence-corrected chi connectivity index (χ4v) is 3.55. The van der Waals surface area contributed by atoms with E-state index in [0.717, 1.165) is 36.3 Å². The summed E-state index contributed by atoms with van der Waals surface area (Å²) in [6, 6.07) is 21.4. The van der Waals surface area contributed by atoms with Gasteiger partial charge in [-0.2, -0.15) is 0 Å². The molecule has 206 valence electrons. The van der Waals surface area contributed by atoms with E-state index in [2.05, 4.69) is 85.6 Å². The van der Waals surface area contributed by atoms with Crippen molar-refractivity contribution in [3.63, 3.8) is 0 Å². The number of nitrogens with one attached hydrogen (secondary N) is 1. The standard InChI is InChI=1S/C24H31N3.2H3O4P/c1-4-27(5-2)17-11-12-19(3)25-24-18-23(20-13-7-6-8-14-20)26-22-16-10-9-15-21(22)24;2*1-5(2,3)4/h6-10,13-16,18-19H,4-5,11-12,17H2,1-3H3,(H,25,26);2*(H3,1,2,3,4). The normalized spacial score (nSPS) is 12.3. The van der Waals surface area contributed by atoms with Gasteiger partial charge in [0.25, 0.3) is 0 Å². The van der Waals surface area contributed by atoms with Gasteiger partial charge in [0.1, 0.15) is 0 Å². The van der Waals surface area contributed by atoms with Crippen LogP contribution in [0.25, 0.3) is 22.2 Å². The van der Waals surface area contributed by atoms with E-state index in [1.165, 1.54) is 24.0 Å². The summed E-state index contributed by atoms with van der Waals surface area (Å²) in [6.07, 6.45) is 2.37. The van der Waals surface area contributed by atoms with E-state index in [0.29, 0.717) is 6.04 Å². The Bertz CT molecular complexity index is 1130. The molecule has 11 nitrogen and oxygen atoms in total. The van der Waals surface area contributed by atoms with Crippen LogP contribution in [-0.2, 0) is 9.13 Å². The van der Waals surface area contributed by atoms with Gasteiger partial charge in [-0.15, -0.1) is 0 Å². The maximum Gasteiger partial charge on any atom is 0.466 e. The van der Waals surface area contributed by atoms with Gasteiger partial charge in [-0.05, 0) is 51.5 Å². The zero-order valence-corrected chi connectivity index (χ0v) is 23.0. The van der Waals surface area contributed by atoms with E-state index >= 15 is 0 Å². The van der Waals surface area contributed by atoms with Gasteiger partial charge in [0.2, 0.25) is 0 Å². The summed E-state index contributed by atoms with van der Waals surface area (Å²) in [6.45, 7) is 10.2. The molecular formula is C24H37N3O8P2. The van der Waals surface area contributed by atoms with E-state index < -0.39 is 15.6 Å². The molecule has 3 rings (SSSR count). The highest BCUT2D eigenvalue weighted by Gasteiger charge is 2.10. The van der Waals surface area contributed by atoms with Gasteiger partial charge >= 0.3 is 15.6 Å². The lowest BCUT2D eigenvalue weighted by atomic mass is 10.1. The molecule has 0 radical (unpaired) electrons. The molecule has 13 heteroatoms. The fraction of sp³-hybridized carbons (Fsp3) is 0.375. The number of phosphoric acid groups is 2. The lowest BCUT2D eigenvalue weighted by molar-refractivity contribution is 0.272. The molecule has 1 heterocycles. The van der Waals surface area contributed by atoms with Crippen molar-refractivity contribution in [2.45, 2.75) is 39.7 Å². The monoisotopic (exact) mass is 557 g/mol. The number of hydrogen-bond acceptors (Lipinski definition) is 5. The first-order chi connectivity index (χ1) is 17.2. The molecular weight excluding hydrogens is 520 g/mol. The first kappa shape index (κ1) is 32.9. The van der Waals surface area contributed by atoms with Crippen LogP contribution in [0.3, 0.4) is 0 Å². The largest absolute Gasteiger partial charge is 0.466 e. The number of para-hydroxylation sites is 1. The van der Waals surface area contributed by atoms with Crippen molar-refractivity contribution >= 4 is 32.2 Å². The Kier molecular flexibility index (Phi) is 14.2. The number of rotatable bonds is 9. The zero-order chi connectivity index (χ0) is 28.1. The molecule has 0 amide bonds. The Hall–Kier alpha value is -2.17. The predicted molar refractivity (Wildman–Crippen MR) is 146 cm³/mol. The summed E-state index contributed by atoms with van der Waals surface area (Å²) in [7, 11) is -9.28. The van der Waals surface area contributed by atoms with E-state index in [-0.39, 0.29) is 0 Å². The summed E-state index contributed by atoms with van der Waals surface area (Å²) in [5.74, 6) is 0. The van der Waals surface area contributed by atoms with Crippen LogP contribution in [0, 0.1) is 0 Å². The minimum atomic E-state index is -4.64. The van der Waals surface area contributed by atoms with Gasteiger partial charge < -0.3 is 39.6 Å². The van der Waals surface area contributed by atoms with Crippen molar-refractivity contribution in [3.8, 4) is 11.3 Å². The number of aromatic nitrogens is 1. The first-order valence-corrected chi connectivity index (χ1v) is 14.8. The lowest BCUT2D eigenvalue weighted by Gasteiger charge is -2.21. The van der Waals surface area contributed by atoms with Gasteiger partial charge in [-0.25, -0.2) is 14.1 Å². The summed E-state index contributed by atoms with van der Waals surface area (Å²) >= 11 is 0. The molecule has 1 unspecified atom stereocenters. The number of fused-ring (bicyclic) bond motifs is 1. The molecule has 2 aromatic carbocycles. The Balaban J connectivity index is 0.000000583. The third-order valence-corrected chi connectivity index (χ3v) is 5.19. The molecule has 0 bridgehead atoms. The Morgan fingerprint density at radius 3 is 1.92 bits per heavy atom. The second-order valence-corrected chi connectivity index (χ2v) is 10.2. The molecule has 0 saturated heterocycles. The third kappa shape index (κ3) is 15.6. The van der Waals surface area contributed by atoms with Crippen LogP contribution >= 0.6 is 15.6 Å². The van der Waals surface area contributed by atoms with Crippen molar-refractivity contribution in [1.82, 2.24) is 9.88 Å². The van der Waals surface area contributed by atoms with Crippen molar-refractivity contribution in [2.75, 3.05) is 25.0 Å². The molecule has 0 aliphatic heterocycles. The van der Waals surface area contributed by atoms with Gasteiger partial charge in [0.15, 0.2) is 0 Å². The molecule has 0 fully saturated rings. The maximum atomic E-state index is 8.88. The van der Waals surface area contributed by atoms with Gasteiger partial charge in [0, 0.05) is 22.7 Å². The average molecular weight is 558 g/mol. The van der Waals surface area contributed by atoms with Crippen molar-refractivity contribution in [1.29, 1.82) is 0 Å². The molecule has 37 heavy (non-hydrogen) atoms. The van der Waals surface area contributed by atoms with Crippen LogP contribution in [0.15, 0.2) is 60.7 Å². The lowest BCUT2D eigenvalue weighted by Crippen LogP contribution is -2.25. The van der Waals surface area contributed by atoms with Crippen LogP contribution in [0.2, 0.25) is 0 Å². The second kappa shape index (κ2) is 15.9. The number of anilines is 1. The third-order valence-electron chi connectivity index (χ3n) is 5.19. The smallest absolute Gasteiger partial charge is 0.382 e. The number of hydrogen-bond donors (Lipinski definition) is 7. The fourth-order valence-electron chi connectivity index (χ4n) is 3.55. The Morgan fingerprint density at radius 1 is 0.865 bits per heavy atom. The van der Waals surface area contributed by atoms with E-state index in [1.807, 2.05) is 6.07 Å². The second-order valence-electron chi connectivity index (χ2n) is 8.18. The summed E-state index contributed by atoms with van der Waals surface area (Å²) < 4.78 is 17.8. The van der Waals surface area contributed by atoms with Crippen LogP contribution in [0.5, 0.6) is 0 Å². The molecule has 1 aromatic heterocycles. The van der Waals surface area contributed by atoms with Crippen LogP contribution < -0.4 is 5.32 Å². The highest BCUT2D eigenvalue weighted by Crippen LogP contribution is 2.29. The Morgan fingerprint density at radius 2 is 1.38 bits per heavy atom. The molecule has 0 spiro atoms. The quantitative estimate of drug-likeness (QED) is 0.189. The van der Waals surface area contributed by atoms with Crippen molar-refractivity contribution < 1.29 is 38.5 Å². The number of benzene rings is 2.